The lowest BCUT2D eigenvalue weighted by Gasteiger charge is -2.07. The second-order valence-corrected chi connectivity index (χ2v) is 3.70. The molecule has 1 aromatic rings. The Morgan fingerprint density at radius 3 is 2.67 bits per heavy atom. The number of aliphatic hydroxyl groups excluding tert-OH is 1. The van der Waals surface area contributed by atoms with Crippen LogP contribution in [-0.2, 0) is 9.53 Å². The summed E-state index contributed by atoms with van der Waals surface area (Å²) in [6.45, 7) is 2.22. The molecule has 0 fully saturated rings. The Bertz CT molecular complexity index is 384. The maximum absolute atomic E-state index is 11.4. The number of aliphatic hydroxyl groups is 1. The van der Waals surface area contributed by atoms with E-state index in [0.717, 1.165) is 5.75 Å². The molecule has 0 amide bonds. The van der Waals surface area contributed by atoms with Gasteiger partial charge >= 0.3 is 5.97 Å². The van der Waals surface area contributed by atoms with Gasteiger partial charge < -0.3 is 14.6 Å². The molecule has 0 saturated carbocycles. The average molecular weight is 250 g/mol. The minimum absolute atomic E-state index is 0.0295. The topological polar surface area (TPSA) is 55.8 Å². The van der Waals surface area contributed by atoms with Gasteiger partial charge in [0.25, 0.3) is 0 Å². The Kier molecular flexibility index (Phi) is 6.58. The third-order valence-corrected chi connectivity index (χ3v) is 2.23. The van der Waals surface area contributed by atoms with Gasteiger partial charge in [-0.05, 0) is 25.5 Å². The van der Waals surface area contributed by atoms with Crippen LogP contribution in [0.3, 0.4) is 0 Å². The van der Waals surface area contributed by atoms with E-state index in [2.05, 4.69) is 0 Å². The van der Waals surface area contributed by atoms with Crippen LogP contribution in [0, 0.1) is 0 Å². The summed E-state index contributed by atoms with van der Waals surface area (Å²) in [5.41, 5.74) is 0.503. The van der Waals surface area contributed by atoms with Gasteiger partial charge in [-0.2, -0.15) is 0 Å². The van der Waals surface area contributed by atoms with Crippen molar-refractivity contribution in [3.05, 3.63) is 42.0 Å². The first-order valence-corrected chi connectivity index (χ1v) is 5.86. The van der Waals surface area contributed by atoms with Gasteiger partial charge in [-0.25, -0.2) is 4.79 Å². The standard InChI is InChI=1S/C14H18O4/c1-12(6-5-9-15)14(16)18-11-10-17-13-7-3-2-4-8-13/h2-4,6-8,15H,5,9-11H2,1H3. The molecule has 1 aromatic carbocycles. The number of hydrogen-bond acceptors (Lipinski definition) is 4. The summed E-state index contributed by atoms with van der Waals surface area (Å²) in [6.07, 6.45) is 2.11. The van der Waals surface area contributed by atoms with Crippen LogP contribution in [0.4, 0.5) is 0 Å². The van der Waals surface area contributed by atoms with Crippen molar-refractivity contribution >= 4 is 5.97 Å². The van der Waals surface area contributed by atoms with Crippen LogP contribution < -0.4 is 4.74 Å². The van der Waals surface area contributed by atoms with Crippen molar-refractivity contribution in [2.75, 3.05) is 19.8 Å². The summed E-state index contributed by atoms with van der Waals surface area (Å²) < 4.78 is 10.4. The van der Waals surface area contributed by atoms with E-state index in [4.69, 9.17) is 14.6 Å². The van der Waals surface area contributed by atoms with Crippen molar-refractivity contribution in [1.29, 1.82) is 0 Å². The molecule has 0 saturated heterocycles. The zero-order valence-electron chi connectivity index (χ0n) is 10.5. The minimum Gasteiger partial charge on any atom is -0.490 e. The number of hydrogen-bond donors (Lipinski definition) is 1. The molecule has 0 bridgehead atoms. The van der Waals surface area contributed by atoms with E-state index < -0.39 is 0 Å². The van der Waals surface area contributed by atoms with E-state index in [1.165, 1.54) is 0 Å². The van der Waals surface area contributed by atoms with Crippen LogP contribution in [0.25, 0.3) is 0 Å². The molecule has 0 aliphatic carbocycles. The summed E-state index contributed by atoms with van der Waals surface area (Å²) >= 11 is 0. The Morgan fingerprint density at radius 2 is 2.00 bits per heavy atom. The molecule has 0 unspecified atom stereocenters. The van der Waals surface area contributed by atoms with Gasteiger partial charge in [-0.15, -0.1) is 0 Å². The van der Waals surface area contributed by atoms with Crippen molar-refractivity contribution in [2.24, 2.45) is 0 Å². The lowest BCUT2D eigenvalue weighted by Crippen LogP contribution is -2.12. The fraction of sp³-hybridized carbons (Fsp3) is 0.357. The van der Waals surface area contributed by atoms with Gasteiger partial charge in [0.2, 0.25) is 0 Å². The van der Waals surface area contributed by atoms with Crippen LogP contribution in [0.5, 0.6) is 5.75 Å². The molecular formula is C14H18O4. The van der Waals surface area contributed by atoms with Gasteiger partial charge in [0.1, 0.15) is 19.0 Å². The monoisotopic (exact) mass is 250 g/mol. The number of rotatable bonds is 7. The molecule has 18 heavy (non-hydrogen) atoms. The van der Waals surface area contributed by atoms with Crippen LogP contribution in [0.15, 0.2) is 42.0 Å². The molecule has 0 radical (unpaired) electrons. The predicted octanol–water partition coefficient (Wildman–Crippen LogP) is 1.94. The van der Waals surface area contributed by atoms with Crippen LogP contribution >= 0.6 is 0 Å². The van der Waals surface area contributed by atoms with Crippen LogP contribution in [0.1, 0.15) is 13.3 Å². The fourth-order valence-corrected chi connectivity index (χ4v) is 1.29. The highest BCUT2D eigenvalue weighted by Crippen LogP contribution is 2.07. The molecule has 0 spiro atoms. The van der Waals surface area contributed by atoms with Crippen molar-refractivity contribution in [1.82, 2.24) is 0 Å². The van der Waals surface area contributed by atoms with Gasteiger partial charge in [0.05, 0.1) is 0 Å². The average Bonchev–Trinajstić information content (AvgIpc) is 2.41. The summed E-state index contributed by atoms with van der Waals surface area (Å²) in [5.74, 6) is 0.376. The second kappa shape index (κ2) is 8.31. The Labute approximate surface area is 107 Å². The molecular weight excluding hydrogens is 232 g/mol. The van der Waals surface area contributed by atoms with Gasteiger partial charge in [0, 0.05) is 12.2 Å². The molecule has 4 heteroatoms. The van der Waals surface area contributed by atoms with E-state index in [0.29, 0.717) is 18.6 Å². The van der Waals surface area contributed by atoms with E-state index in [1.807, 2.05) is 30.3 Å². The van der Waals surface area contributed by atoms with E-state index in [1.54, 1.807) is 13.0 Å². The number of para-hydroxylation sites is 1. The second-order valence-electron chi connectivity index (χ2n) is 3.70. The molecule has 0 aromatic heterocycles. The molecule has 1 N–H and O–H groups in total. The fourth-order valence-electron chi connectivity index (χ4n) is 1.29. The molecule has 4 nitrogen and oxygen atoms in total. The van der Waals surface area contributed by atoms with Crippen molar-refractivity contribution in [2.45, 2.75) is 13.3 Å². The highest BCUT2D eigenvalue weighted by Gasteiger charge is 2.04. The number of carbonyl (C=O) groups excluding carboxylic acids is 1. The summed E-state index contributed by atoms with van der Waals surface area (Å²) in [4.78, 5) is 11.4. The molecule has 0 atom stereocenters. The van der Waals surface area contributed by atoms with Gasteiger partial charge in [-0.1, -0.05) is 24.3 Å². The highest BCUT2D eigenvalue weighted by atomic mass is 16.6. The maximum atomic E-state index is 11.4. The number of ether oxygens (including phenoxy) is 2. The molecule has 0 aliphatic heterocycles. The molecule has 0 aliphatic rings. The third kappa shape index (κ3) is 5.50. The Balaban J connectivity index is 2.20. The summed E-state index contributed by atoms with van der Waals surface area (Å²) in [5, 5.41) is 8.62. The van der Waals surface area contributed by atoms with Crippen LogP contribution in [0.2, 0.25) is 0 Å². The third-order valence-electron chi connectivity index (χ3n) is 2.23. The first-order valence-electron chi connectivity index (χ1n) is 5.86. The SMILES string of the molecule is CC(=CCCO)C(=O)OCCOc1ccccc1. The lowest BCUT2D eigenvalue weighted by molar-refractivity contribution is -0.139. The van der Waals surface area contributed by atoms with Gasteiger partial charge in [0.15, 0.2) is 0 Å². The van der Waals surface area contributed by atoms with Crippen LogP contribution in [-0.4, -0.2) is 30.9 Å². The summed E-state index contributed by atoms with van der Waals surface area (Å²) in [7, 11) is 0. The Hall–Kier alpha value is -1.81. The first kappa shape index (κ1) is 14.3. The predicted molar refractivity (Wildman–Crippen MR) is 68.4 cm³/mol. The van der Waals surface area contributed by atoms with Gasteiger partial charge in [-0.3, -0.25) is 0 Å². The molecule has 98 valence electrons. The maximum Gasteiger partial charge on any atom is 0.333 e. The lowest BCUT2D eigenvalue weighted by atomic mass is 10.2. The number of carbonyl (C=O) groups is 1. The zero-order valence-corrected chi connectivity index (χ0v) is 10.5. The zero-order chi connectivity index (χ0) is 13.2. The number of esters is 1. The smallest absolute Gasteiger partial charge is 0.333 e. The largest absolute Gasteiger partial charge is 0.490 e. The van der Waals surface area contributed by atoms with E-state index in [-0.39, 0.29) is 19.2 Å². The number of benzene rings is 1. The van der Waals surface area contributed by atoms with Crippen molar-refractivity contribution < 1.29 is 19.4 Å². The van der Waals surface area contributed by atoms with E-state index >= 15 is 0 Å². The minimum atomic E-state index is -0.375. The highest BCUT2D eigenvalue weighted by molar-refractivity contribution is 5.87. The summed E-state index contributed by atoms with van der Waals surface area (Å²) in [6, 6.07) is 9.34. The van der Waals surface area contributed by atoms with Crippen molar-refractivity contribution in [3.8, 4) is 5.75 Å². The molecule has 1 rings (SSSR count). The first-order chi connectivity index (χ1) is 8.74. The molecule has 0 heterocycles. The quantitative estimate of drug-likeness (QED) is 0.456. The Morgan fingerprint density at radius 1 is 1.28 bits per heavy atom. The van der Waals surface area contributed by atoms with Crippen molar-refractivity contribution in [3.63, 3.8) is 0 Å². The van der Waals surface area contributed by atoms with E-state index in [9.17, 15) is 4.79 Å². The normalized spacial score (nSPS) is 11.1.